The summed E-state index contributed by atoms with van der Waals surface area (Å²) in [5.41, 5.74) is -1.67. The predicted molar refractivity (Wildman–Crippen MR) is 239 cm³/mol. The zero-order chi connectivity index (χ0) is 47.5. The Hall–Kier alpha value is -6.23. The summed E-state index contributed by atoms with van der Waals surface area (Å²) in [6.45, 7) is 27.1. The number of ketones is 3. The van der Waals surface area contributed by atoms with Gasteiger partial charge in [0.15, 0.2) is 11.5 Å². The number of fused-ring (bicyclic) bond motifs is 8. The lowest BCUT2D eigenvalue weighted by molar-refractivity contribution is -0.132. The van der Waals surface area contributed by atoms with Crippen molar-refractivity contribution in [2.75, 3.05) is 0 Å². The third kappa shape index (κ3) is 9.57. The van der Waals surface area contributed by atoms with E-state index in [0.29, 0.717) is 33.4 Å². The highest BCUT2D eigenvalue weighted by Crippen LogP contribution is 2.47. The third-order valence-corrected chi connectivity index (χ3v) is 10.8. The van der Waals surface area contributed by atoms with Gasteiger partial charge in [-0.15, -0.1) is 0 Å². The van der Waals surface area contributed by atoms with Gasteiger partial charge < -0.3 is 18.9 Å². The fourth-order valence-corrected chi connectivity index (χ4v) is 8.07. The summed E-state index contributed by atoms with van der Waals surface area (Å²) in [7, 11) is 0. The molecule has 1 aliphatic rings. The lowest BCUT2D eigenvalue weighted by atomic mass is 9.74. The average molecular weight is 859 g/mol. The van der Waals surface area contributed by atoms with Gasteiger partial charge in [-0.05, 0) is 56.0 Å². The molecule has 0 aliphatic heterocycles. The van der Waals surface area contributed by atoms with E-state index in [1.54, 1.807) is 36.4 Å². The van der Waals surface area contributed by atoms with Crippen LogP contribution in [0.2, 0.25) is 0 Å². The number of esters is 4. The Labute approximate surface area is 369 Å². The van der Waals surface area contributed by atoms with Gasteiger partial charge in [-0.25, -0.2) is 0 Å². The van der Waals surface area contributed by atoms with Crippen LogP contribution in [-0.4, -0.2) is 41.2 Å². The molecule has 8 bridgehead atoms. The highest BCUT2D eigenvalue weighted by molar-refractivity contribution is 6.22. The molecule has 1 aliphatic carbocycles. The van der Waals surface area contributed by atoms with Crippen LogP contribution in [0.1, 0.15) is 192 Å². The first-order valence-corrected chi connectivity index (χ1v) is 20.9. The molecule has 0 saturated carbocycles. The molecule has 5 rings (SSSR count). The van der Waals surface area contributed by atoms with Gasteiger partial charge in [0.25, 0.3) is 0 Å². The zero-order valence-electron chi connectivity index (χ0n) is 39.3. The minimum absolute atomic E-state index is 0.0350. The van der Waals surface area contributed by atoms with E-state index in [1.807, 2.05) is 83.1 Å². The summed E-state index contributed by atoms with van der Waals surface area (Å²) >= 11 is 0. The van der Waals surface area contributed by atoms with Crippen LogP contribution in [0.5, 0.6) is 23.0 Å². The Balaban J connectivity index is 2.21. The van der Waals surface area contributed by atoms with Crippen molar-refractivity contribution >= 4 is 41.2 Å². The van der Waals surface area contributed by atoms with Crippen LogP contribution in [0.25, 0.3) is 0 Å². The summed E-state index contributed by atoms with van der Waals surface area (Å²) in [6.07, 6.45) is -0.116. The second-order valence-corrected chi connectivity index (χ2v) is 20.2. The number of hydrogen-bond donors (Lipinski definition) is 0. The molecule has 0 N–H and O–H groups in total. The van der Waals surface area contributed by atoms with E-state index in [-0.39, 0.29) is 62.8 Å². The molecule has 0 spiro atoms. The van der Waals surface area contributed by atoms with Crippen LogP contribution in [0.4, 0.5) is 0 Å². The maximum absolute atomic E-state index is 16.0. The van der Waals surface area contributed by atoms with Gasteiger partial charge in [-0.3, -0.25) is 33.6 Å². The molecule has 0 unspecified atom stereocenters. The Morgan fingerprint density at radius 1 is 0.365 bits per heavy atom. The van der Waals surface area contributed by atoms with E-state index in [4.69, 9.17) is 18.9 Å². The lowest BCUT2D eigenvalue weighted by Gasteiger charge is -2.30. The number of carbonyl (C=O) groups excluding carboxylic acids is 7. The molecular formula is C52H58O11. The van der Waals surface area contributed by atoms with Crippen LogP contribution in [0.15, 0.2) is 48.5 Å². The van der Waals surface area contributed by atoms with Crippen molar-refractivity contribution in [1.82, 2.24) is 0 Å². The first-order valence-electron chi connectivity index (χ1n) is 20.9. The Bertz CT molecular complexity index is 2450. The topological polar surface area (TPSA) is 156 Å². The molecule has 4 aromatic rings. The van der Waals surface area contributed by atoms with Gasteiger partial charge in [0.05, 0.1) is 33.4 Å². The van der Waals surface area contributed by atoms with Crippen molar-refractivity contribution in [3.8, 4) is 23.0 Å². The summed E-state index contributed by atoms with van der Waals surface area (Å²) < 4.78 is 24.0. The zero-order valence-corrected chi connectivity index (χ0v) is 39.3. The molecule has 0 fully saturated rings. The van der Waals surface area contributed by atoms with Crippen molar-refractivity contribution < 1.29 is 52.5 Å². The molecule has 63 heavy (non-hydrogen) atoms. The molecule has 0 heterocycles. The quantitative estimate of drug-likeness (QED) is 0.125. The van der Waals surface area contributed by atoms with Crippen LogP contribution >= 0.6 is 0 Å². The average Bonchev–Trinajstić information content (AvgIpc) is 3.11. The lowest BCUT2D eigenvalue weighted by Crippen LogP contribution is -2.27. The largest absolute Gasteiger partial charge is 0.426 e. The number of rotatable bonds is 4. The standard InChI is InChI=1S/C52H58O11/c1-26(53)60-45-30-17-21-34(49(5,6)7)38(45)42(57)32-19-23-36(51(11,12)13)40(47(32)62-28(3)55)44(59)41-37(52(14,15)16)24-20-33(48(41)63-29(4)56)43(58)39-35(50(8,9)10)22-18-31(25-30)46(39)61-27(2)54/h17-24H,25H2,1-16H3. The van der Waals surface area contributed by atoms with Crippen LogP contribution in [-0.2, 0) is 47.3 Å². The minimum atomic E-state index is -0.838. The van der Waals surface area contributed by atoms with Gasteiger partial charge in [0, 0.05) is 45.2 Å². The van der Waals surface area contributed by atoms with Crippen LogP contribution < -0.4 is 18.9 Å². The Morgan fingerprint density at radius 3 is 0.857 bits per heavy atom. The molecule has 4 aromatic carbocycles. The first-order chi connectivity index (χ1) is 28.9. The van der Waals surface area contributed by atoms with Crippen LogP contribution in [0.3, 0.4) is 0 Å². The second-order valence-electron chi connectivity index (χ2n) is 20.2. The van der Waals surface area contributed by atoms with Gasteiger partial charge in [-0.2, -0.15) is 0 Å². The maximum Gasteiger partial charge on any atom is 0.308 e. The second kappa shape index (κ2) is 16.8. The van der Waals surface area contributed by atoms with E-state index >= 15 is 14.4 Å². The number of ether oxygens (including phenoxy) is 4. The van der Waals surface area contributed by atoms with E-state index in [9.17, 15) is 19.2 Å². The van der Waals surface area contributed by atoms with Gasteiger partial charge in [-0.1, -0.05) is 119 Å². The molecule has 0 radical (unpaired) electrons. The summed E-state index contributed by atoms with van der Waals surface area (Å²) in [5.74, 6) is -6.34. The van der Waals surface area contributed by atoms with Crippen molar-refractivity contribution in [2.45, 2.75) is 139 Å². The number of hydrogen-bond acceptors (Lipinski definition) is 11. The van der Waals surface area contributed by atoms with Crippen molar-refractivity contribution in [1.29, 1.82) is 0 Å². The van der Waals surface area contributed by atoms with Crippen LogP contribution in [0, 0.1) is 0 Å². The smallest absolute Gasteiger partial charge is 0.308 e. The number of benzene rings is 4. The monoisotopic (exact) mass is 858 g/mol. The van der Waals surface area contributed by atoms with E-state index in [2.05, 4.69) is 0 Å². The van der Waals surface area contributed by atoms with Gasteiger partial charge in [0.2, 0.25) is 17.3 Å². The Kier molecular flexibility index (Phi) is 12.8. The first kappa shape index (κ1) is 47.8. The van der Waals surface area contributed by atoms with E-state index in [0.717, 1.165) is 13.8 Å². The molecule has 0 atom stereocenters. The summed E-state index contributed by atoms with van der Waals surface area (Å²) in [5, 5.41) is 0. The molecule has 0 amide bonds. The molecule has 11 nitrogen and oxygen atoms in total. The summed E-state index contributed by atoms with van der Waals surface area (Å²) in [4.78, 5) is 99.8. The van der Waals surface area contributed by atoms with Gasteiger partial charge >= 0.3 is 23.9 Å². The van der Waals surface area contributed by atoms with E-state index in [1.165, 1.54) is 26.0 Å². The fraction of sp³-hybridized carbons (Fsp3) is 0.404. The maximum atomic E-state index is 16.0. The molecule has 0 saturated heterocycles. The van der Waals surface area contributed by atoms with Crippen molar-refractivity contribution in [2.24, 2.45) is 0 Å². The molecule has 11 heteroatoms. The SMILES string of the molecule is CC(=O)Oc1c2ccc(C(C)(C)C)c1C(=O)c1ccc(C(C)(C)C)c(c1OC(C)=O)C(=O)c1c(C(C)(C)C)ccc(c1OC(C)=O)C(=O)c1c(C(C)(C)C)ccc(c1OC(C)=O)C2. The normalized spacial score (nSPS) is 13.4. The summed E-state index contributed by atoms with van der Waals surface area (Å²) in [6, 6.07) is 13.1. The molecule has 332 valence electrons. The van der Waals surface area contributed by atoms with Crippen molar-refractivity contribution in [3.05, 3.63) is 115 Å². The van der Waals surface area contributed by atoms with Gasteiger partial charge in [0.1, 0.15) is 11.5 Å². The van der Waals surface area contributed by atoms with E-state index < -0.39 is 62.9 Å². The Morgan fingerprint density at radius 2 is 0.603 bits per heavy atom. The predicted octanol–water partition coefficient (Wildman–Crippen LogP) is 10.2. The molecule has 0 aromatic heterocycles. The highest BCUT2D eigenvalue weighted by Gasteiger charge is 2.40. The fourth-order valence-electron chi connectivity index (χ4n) is 8.07. The molecular weight excluding hydrogens is 801 g/mol. The van der Waals surface area contributed by atoms with Crippen molar-refractivity contribution in [3.63, 3.8) is 0 Å². The highest BCUT2D eigenvalue weighted by atomic mass is 16.5. The minimum Gasteiger partial charge on any atom is -0.426 e. The number of carbonyl (C=O) groups is 7. The third-order valence-electron chi connectivity index (χ3n) is 10.8.